The Morgan fingerprint density at radius 1 is 1.53 bits per heavy atom. The number of alkyl halides is 1. The van der Waals surface area contributed by atoms with E-state index in [9.17, 15) is 0 Å². The molecule has 0 aliphatic carbocycles. The second-order valence-corrected chi connectivity index (χ2v) is 4.45. The number of fused-ring (bicyclic) bond motifs is 1. The van der Waals surface area contributed by atoms with Gasteiger partial charge < -0.3 is 4.90 Å². The van der Waals surface area contributed by atoms with Crippen LogP contribution in [0.2, 0.25) is 0 Å². The van der Waals surface area contributed by atoms with Gasteiger partial charge in [-0.2, -0.15) is 0 Å². The van der Waals surface area contributed by atoms with Crippen LogP contribution in [0.15, 0.2) is 23.8 Å². The summed E-state index contributed by atoms with van der Waals surface area (Å²) in [6.45, 7) is 3.20. The second kappa shape index (κ2) is 4.28. The van der Waals surface area contributed by atoms with Crippen molar-refractivity contribution < 1.29 is 0 Å². The molecule has 0 radical (unpaired) electrons. The highest BCUT2D eigenvalue weighted by atomic mass is 35.5. The normalized spacial score (nSPS) is 15.7. The van der Waals surface area contributed by atoms with Crippen LogP contribution in [0.5, 0.6) is 0 Å². The van der Waals surface area contributed by atoms with Gasteiger partial charge in [-0.1, -0.05) is 17.7 Å². The third-order valence-electron chi connectivity index (χ3n) is 2.86. The number of anilines is 1. The lowest BCUT2D eigenvalue weighted by molar-refractivity contribution is 0.956. The van der Waals surface area contributed by atoms with Gasteiger partial charge in [0.2, 0.25) is 0 Å². The molecule has 1 nitrogen and oxygen atoms in total. The molecule has 80 valence electrons. The van der Waals surface area contributed by atoms with E-state index in [2.05, 4.69) is 43.1 Å². The number of benzene rings is 1. The van der Waals surface area contributed by atoms with Gasteiger partial charge in [0.15, 0.2) is 0 Å². The van der Waals surface area contributed by atoms with E-state index in [1.807, 2.05) is 0 Å². The van der Waals surface area contributed by atoms with Crippen molar-refractivity contribution in [1.29, 1.82) is 0 Å². The lowest BCUT2D eigenvalue weighted by Crippen LogP contribution is -2.12. The van der Waals surface area contributed by atoms with Crippen LogP contribution in [-0.4, -0.2) is 19.5 Å². The number of hydrogen-bond acceptors (Lipinski definition) is 1. The third kappa shape index (κ3) is 2.18. The number of rotatable bonds is 2. The molecule has 0 spiro atoms. The Bertz CT molecular complexity index is 396. The van der Waals surface area contributed by atoms with Gasteiger partial charge in [-0.3, -0.25) is 0 Å². The van der Waals surface area contributed by atoms with Gasteiger partial charge in [-0.15, -0.1) is 11.6 Å². The molecule has 15 heavy (non-hydrogen) atoms. The van der Waals surface area contributed by atoms with Crippen molar-refractivity contribution in [3.05, 3.63) is 34.9 Å². The van der Waals surface area contributed by atoms with Crippen LogP contribution in [0.1, 0.15) is 18.1 Å². The maximum absolute atomic E-state index is 5.77. The Balaban J connectivity index is 2.31. The van der Waals surface area contributed by atoms with Gasteiger partial charge >= 0.3 is 0 Å². The second-order valence-electron chi connectivity index (χ2n) is 4.18. The first-order valence-corrected chi connectivity index (χ1v) is 5.81. The number of nitrogens with zero attached hydrogens (tertiary/aromatic N) is 1. The minimum atomic E-state index is 0.608. The summed E-state index contributed by atoms with van der Waals surface area (Å²) in [7, 11) is 2.14. The predicted octanol–water partition coefficient (Wildman–Crippen LogP) is 3.32. The summed E-state index contributed by atoms with van der Waals surface area (Å²) in [5.74, 6) is 0.608. The van der Waals surface area contributed by atoms with Gasteiger partial charge in [0.1, 0.15) is 0 Å². The molecule has 1 aromatic carbocycles. The van der Waals surface area contributed by atoms with Crippen LogP contribution >= 0.6 is 11.6 Å². The monoisotopic (exact) mass is 221 g/mol. The highest BCUT2D eigenvalue weighted by Crippen LogP contribution is 2.28. The summed E-state index contributed by atoms with van der Waals surface area (Å²) in [5.41, 5.74) is 5.30. The Kier molecular flexibility index (Phi) is 3.01. The van der Waals surface area contributed by atoms with Crippen molar-refractivity contribution in [3.8, 4) is 0 Å². The van der Waals surface area contributed by atoms with Crippen LogP contribution < -0.4 is 4.90 Å². The standard InChI is InChI=1S/C13H16ClN/c1-10(9-14)7-11-3-4-13-12(8-11)5-6-15(13)2/h3-4,7-8H,5-6,9H2,1-2H3/b10-7-. The highest BCUT2D eigenvalue weighted by molar-refractivity contribution is 6.19. The first-order valence-electron chi connectivity index (χ1n) is 5.28. The summed E-state index contributed by atoms with van der Waals surface area (Å²) >= 11 is 5.77. The zero-order valence-corrected chi connectivity index (χ0v) is 10.0. The quantitative estimate of drug-likeness (QED) is 0.693. The third-order valence-corrected chi connectivity index (χ3v) is 3.28. The Morgan fingerprint density at radius 2 is 2.33 bits per heavy atom. The number of likely N-dealkylation sites (N-methyl/N-ethyl adjacent to an activating group) is 1. The molecule has 2 heteroatoms. The zero-order chi connectivity index (χ0) is 10.8. The molecule has 1 aliphatic heterocycles. The fraction of sp³-hybridized carbons (Fsp3) is 0.385. The topological polar surface area (TPSA) is 3.24 Å². The van der Waals surface area contributed by atoms with E-state index in [1.54, 1.807) is 0 Å². The van der Waals surface area contributed by atoms with Crippen LogP contribution in [0, 0.1) is 0 Å². The largest absolute Gasteiger partial charge is 0.374 e. The van der Waals surface area contributed by atoms with Gasteiger partial charge in [0.25, 0.3) is 0 Å². The molecule has 0 unspecified atom stereocenters. The molecule has 0 amide bonds. The van der Waals surface area contributed by atoms with Crippen LogP contribution in [0.25, 0.3) is 6.08 Å². The Hall–Kier alpha value is -0.950. The molecule has 0 saturated heterocycles. The average Bonchev–Trinajstić information content (AvgIpc) is 2.60. The smallest absolute Gasteiger partial charge is 0.0434 e. The molecule has 0 atom stereocenters. The number of allylic oxidation sites excluding steroid dienone is 1. The number of hydrogen-bond donors (Lipinski definition) is 0. The molecule has 0 bridgehead atoms. The first kappa shape index (κ1) is 10.6. The van der Waals surface area contributed by atoms with Gasteiger partial charge in [0, 0.05) is 25.2 Å². The van der Waals surface area contributed by atoms with Gasteiger partial charge in [-0.25, -0.2) is 0 Å². The van der Waals surface area contributed by atoms with E-state index in [0.717, 1.165) is 13.0 Å². The van der Waals surface area contributed by atoms with Crippen LogP contribution in [0.3, 0.4) is 0 Å². The summed E-state index contributed by atoms with van der Waals surface area (Å²) in [6.07, 6.45) is 3.32. The van der Waals surface area contributed by atoms with Crippen molar-refractivity contribution in [2.75, 3.05) is 24.4 Å². The van der Waals surface area contributed by atoms with Crippen molar-refractivity contribution in [3.63, 3.8) is 0 Å². The minimum Gasteiger partial charge on any atom is -0.374 e. The average molecular weight is 222 g/mol. The number of halogens is 1. The SMILES string of the molecule is C/C(=C/c1ccc2c(c1)CCN2C)CCl. The van der Waals surface area contributed by atoms with E-state index < -0.39 is 0 Å². The minimum absolute atomic E-state index is 0.608. The molecule has 0 saturated carbocycles. The van der Waals surface area contributed by atoms with Crippen molar-refractivity contribution in [1.82, 2.24) is 0 Å². The molecular formula is C13H16ClN. The molecular weight excluding hydrogens is 206 g/mol. The molecule has 0 aromatic heterocycles. The predicted molar refractivity (Wildman–Crippen MR) is 67.8 cm³/mol. The lowest BCUT2D eigenvalue weighted by Gasteiger charge is -2.11. The molecule has 2 rings (SSSR count). The highest BCUT2D eigenvalue weighted by Gasteiger charge is 2.14. The van der Waals surface area contributed by atoms with E-state index in [0.29, 0.717) is 5.88 Å². The van der Waals surface area contributed by atoms with Crippen LogP contribution in [0.4, 0.5) is 5.69 Å². The molecule has 0 fully saturated rings. The van der Waals surface area contributed by atoms with Crippen molar-refractivity contribution >= 4 is 23.4 Å². The molecule has 1 aliphatic rings. The first-order chi connectivity index (χ1) is 7.20. The fourth-order valence-electron chi connectivity index (χ4n) is 2.00. The zero-order valence-electron chi connectivity index (χ0n) is 9.26. The molecule has 1 aromatic rings. The maximum atomic E-state index is 5.77. The van der Waals surface area contributed by atoms with Crippen molar-refractivity contribution in [2.45, 2.75) is 13.3 Å². The Labute approximate surface area is 96.4 Å². The van der Waals surface area contributed by atoms with E-state index in [-0.39, 0.29) is 0 Å². The van der Waals surface area contributed by atoms with E-state index in [1.165, 1.54) is 22.4 Å². The molecule has 1 heterocycles. The van der Waals surface area contributed by atoms with Gasteiger partial charge in [0.05, 0.1) is 0 Å². The Morgan fingerprint density at radius 3 is 3.07 bits per heavy atom. The van der Waals surface area contributed by atoms with E-state index >= 15 is 0 Å². The van der Waals surface area contributed by atoms with Crippen LogP contribution in [-0.2, 0) is 6.42 Å². The van der Waals surface area contributed by atoms with E-state index in [4.69, 9.17) is 11.6 Å². The fourth-order valence-corrected chi connectivity index (χ4v) is 2.08. The summed E-state index contributed by atoms with van der Waals surface area (Å²) in [4.78, 5) is 2.30. The lowest BCUT2D eigenvalue weighted by atomic mass is 10.1. The summed E-state index contributed by atoms with van der Waals surface area (Å²) in [6, 6.07) is 6.64. The summed E-state index contributed by atoms with van der Waals surface area (Å²) in [5, 5.41) is 0. The summed E-state index contributed by atoms with van der Waals surface area (Å²) < 4.78 is 0. The van der Waals surface area contributed by atoms with Gasteiger partial charge in [-0.05, 0) is 36.6 Å². The van der Waals surface area contributed by atoms with Crippen molar-refractivity contribution in [2.24, 2.45) is 0 Å². The molecule has 0 N–H and O–H groups in total. The maximum Gasteiger partial charge on any atom is 0.0434 e.